The summed E-state index contributed by atoms with van der Waals surface area (Å²) in [5, 5.41) is 2.60. The molecule has 2 aromatic heterocycles. The predicted octanol–water partition coefficient (Wildman–Crippen LogP) is 2.04. The first-order valence-corrected chi connectivity index (χ1v) is 8.15. The zero-order chi connectivity index (χ0) is 19.8. The van der Waals surface area contributed by atoms with Crippen molar-refractivity contribution in [2.45, 2.75) is 32.4 Å². The molecule has 10 heteroatoms. The summed E-state index contributed by atoms with van der Waals surface area (Å²) < 4.78 is 39.9. The Bertz CT molecular complexity index is 897. The lowest BCUT2D eigenvalue weighted by molar-refractivity contribution is -0.142. The molecule has 0 fully saturated rings. The van der Waals surface area contributed by atoms with E-state index in [2.05, 4.69) is 20.3 Å². The number of anilines is 1. The van der Waals surface area contributed by atoms with E-state index in [4.69, 9.17) is 5.73 Å². The van der Waals surface area contributed by atoms with Crippen LogP contribution in [-0.2, 0) is 23.8 Å². The van der Waals surface area contributed by atoms with E-state index in [1.807, 2.05) is 0 Å². The minimum absolute atomic E-state index is 0.0262. The first-order chi connectivity index (χ1) is 12.6. The van der Waals surface area contributed by atoms with E-state index in [1.54, 1.807) is 0 Å². The van der Waals surface area contributed by atoms with Crippen LogP contribution in [0.2, 0.25) is 0 Å². The number of nitrogens with one attached hydrogen (secondary N) is 1. The van der Waals surface area contributed by atoms with Gasteiger partial charge in [0.2, 0.25) is 5.91 Å². The number of primary amides is 1. The number of aryl methyl sites for hydroxylation is 2. The second kappa shape index (κ2) is 6.93. The van der Waals surface area contributed by atoms with Gasteiger partial charge in [0.15, 0.2) is 5.69 Å². The number of fused-ring (bicyclic) bond motifs is 1. The molecule has 1 aliphatic carbocycles. The van der Waals surface area contributed by atoms with Gasteiger partial charge in [-0.3, -0.25) is 9.59 Å². The van der Waals surface area contributed by atoms with Gasteiger partial charge in [0.25, 0.3) is 5.91 Å². The lowest BCUT2D eigenvalue weighted by Gasteiger charge is -2.25. The zero-order valence-electron chi connectivity index (χ0n) is 14.3. The fourth-order valence-corrected chi connectivity index (χ4v) is 3.05. The van der Waals surface area contributed by atoms with Gasteiger partial charge in [-0.25, -0.2) is 15.0 Å². The second-order valence-electron chi connectivity index (χ2n) is 6.27. The molecule has 3 rings (SSSR count). The Kier molecular flexibility index (Phi) is 4.81. The largest absolute Gasteiger partial charge is 0.433 e. The maximum Gasteiger partial charge on any atom is 0.433 e. The summed E-state index contributed by atoms with van der Waals surface area (Å²) in [6.07, 6.45) is -2.80. The lowest BCUT2D eigenvalue weighted by Crippen LogP contribution is -2.31. The Morgan fingerprint density at radius 3 is 2.59 bits per heavy atom. The summed E-state index contributed by atoms with van der Waals surface area (Å²) in [4.78, 5) is 34.9. The van der Waals surface area contributed by atoms with E-state index in [-0.39, 0.29) is 29.9 Å². The van der Waals surface area contributed by atoms with Crippen LogP contribution in [0.25, 0.3) is 0 Å². The van der Waals surface area contributed by atoms with Crippen LogP contribution < -0.4 is 11.1 Å². The number of alkyl halides is 3. The van der Waals surface area contributed by atoms with Gasteiger partial charge in [0.1, 0.15) is 11.5 Å². The molecule has 2 amide bonds. The Morgan fingerprint density at radius 1 is 1.26 bits per heavy atom. The van der Waals surface area contributed by atoms with E-state index >= 15 is 0 Å². The van der Waals surface area contributed by atoms with E-state index in [9.17, 15) is 22.8 Å². The van der Waals surface area contributed by atoms with Crippen LogP contribution in [-0.4, -0.2) is 26.8 Å². The fourth-order valence-electron chi connectivity index (χ4n) is 3.05. The lowest BCUT2D eigenvalue weighted by atomic mass is 9.85. The van der Waals surface area contributed by atoms with Gasteiger partial charge in [0, 0.05) is 17.2 Å². The minimum Gasteiger partial charge on any atom is -0.364 e. The highest BCUT2D eigenvalue weighted by Crippen LogP contribution is 2.36. The number of amides is 2. The highest BCUT2D eigenvalue weighted by atomic mass is 19.4. The summed E-state index contributed by atoms with van der Waals surface area (Å²) in [5.41, 5.74) is 4.80. The molecule has 0 spiro atoms. The smallest absolute Gasteiger partial charge is 0.364 e. The van der Waals surface area contributed by atoms with Crippen molar-refractivity contribution in [1.82, 2.24) is 15.0 Å². The van der Waals surface area contributed by atoms with Gasteiger partial charge in [-0.1, -0.05) is 0 Å². The maximum absolute atomic E-state index is 13.3. The molecular formula is C17H16F3N5O2. The van der Waals surface area contributed by atoms with Crippen molar-refractivity contribution in [2.75, 3.05) is 5.32 Å². The molecule has 142 valence electrons. The summed E-state index contributed by atoms with van der Waals surface area (Å²) in [6, 6.07) is 2.81. The number of nitrogens with two attached hydrogens (primary N) is 1. The maximum atomic E-state index is 13.3. The van der Waals surface area contributed by atoms with Crippen molar-refractivity contribution < 1.29 is 22.8 Å². The number of pyridine rings is 1. The molecule has 0 saturated heterocycles. The molecular weight excluding hydrogens is 363 g/mol. The van der Waals surface area contributed by atoms with Gasteiger partial charge in [0.05, 0.1) is 11.9 Å². The van der Waals surface area contributed by atoms with Crippen LogP contribution in [0.15, 0.2) is 18.3 Å². The third-order valence-electron chi connectivity index (χ3n) is 4.31. The average Bonchev–Trinajstić information content (AvgIpc) is 2.60. The molecule has 2 heterocycles. The third kappa shape index (κ3) is 4.04. The molecule has 0 radical (unpaired) electrons. The number of halogens is 3. The molecule has 0 aliphatic heterocycles. The van der Waals surface area contributed by atoms with E-state index in [0.29, 0.717) is 17.8 Å². The number of nitrogens with zero attached hydrogens (tertiary/aromatic N) is 3. The summed E-state index contributed by atoms with van der Waals surface area (Å²) in [7, 11) is 0. The van der Waals surface area contributed by atoms with Gasteiger partial charge in [-0.2, -0.15) is 13.2 Å². The summed E-state index contributed by atoms with van der Waals surface area (Å²) in [5.74, 6) is -1.72. The number of carbonyl (C=O) groups is 2. The molecule has 2 aromatic rings. The minimum atomic E-state index is -4.61. The topological polar surface area (TPSA) is 111 Å². The number of aromatic nitrogens is 3. The van der Waals surface area contributed by atoms with Gasteiger partial charge >= 0.3 is 6.18 Å². The quantitative estimate of drug-likeness (QED) is 0.848. The Labute approximate surface area is 152 Å². The predicted molar refractivity (Wildman–Crippen MR) is 88.7 cm³/mol. The number of carbonyl (C=O) groups excluding carboxylic acids is 2. The fraction of sp³-hybridized carbons (Fsp3) is 0.353. The van der Waals surface area contributed by atoms with Crippen molar-refractivity contribution in [1.29, 1.82) is 0 Å². The van der Waals surface area contributed by atoms with Crippen molar-refractivity contribution in [3.8, 4) is 0 Å². The highest BCUT2D eigenvalue weighted by molar-refractivity contribution is 5.94. The van der Waals surface area contributed by atoms with Crippen molar-refractivity contribution in [2.24, 2.45) is 11.7 Å². The van der Waals surface area contributed by atoms with Crippen molar-refractivity contribution >= 4 is 17.5 Å². The van der Waals surface area contributed by atoms with E-state index in [1.165, 1.54) is 25.3 Å². The highest BCUT2D eigenvalue weighted by Gasteiger charge is 2.39. The van der Waals surface area contributed by atoms with Crippen molar-refractivity contribution in [3.05, 3.63) is 46.8 Å². The van der Waals surface area contributed by atoms with Crippen LogP contribution in [0.1, 0.15) is 39.7 Å². The normalized spacial score (nSPS) is 16.5. The number of rotatable bonds is 3. The Morgan fingerprint density at radius 2 is 2.00 bits per heavy atom. The standard InChI is InChI=1S/C17H16F3N5O2/c1-8-23-12-4-2-9(6-11(12)14(24-8)17(18,19)20)16(27)25-10-3-5-13(15(21)26)22-7-10/h3,5,7,9H,2,4,6H2,1H3,(H2,21,26)(H,25,27). The molecule has 3 N–H and O–H groups in total. The average molecular weight is 379 g/mol. The number of hydrogen-bond acceptors (Lipinski definition) is 5. The Hall–Kier alpha value is -3.04. The van der Waals surface area contributed by atoms with Crippen molar-refractivity contribution in [3.63, 3.8) is 0 Å². The van der Waals surface area contributed by atoms with Crippen LogP contribution in [0.4, 0.5) is 18.9 Å². The molecule has 7 nitrogen and oxygen atoms in total. The van der Waals surface area contributed by atoms with E-state index < -0.39 is 29.6 Å². The SMILES string of the molecule is Cc1nc2c(c(C(F)(F)F)n1)CC(C(=O)Nc1ccc(C(N)=O)nc1)CC2. The van der Waals surface area contributed by atoms with E-state index in [0.717, 1.165) is 0 Å². The number of hydrogen-bond donors (Lipinski definition) is 2. The second-order valence-corrected chi connectivity index (χ2v) is 6.27. The molecule has 0 bridgehead atoms. The summed E-state index contributed by atoms with van der Waals surface area (Å²) in [6.45, 7) is 1.41. The van der Waals surface area contributed by atoms with Crippen LogP contribution in [0.3, 0.4) is 0 Å². The van der Waals surface area contributed by atoms with Crippen LogP contribution in [0.5, 0.6) is 0 Å². The molecule has 0 aromatic carbocycles. The van der Waals surface area contributed by atoms with Gasteiger partial charge < -0.3 is 11.1 Å². The first-order valence-electron chi connectivity index (χ1n) is 8.15. The molecule has 1 aliphatic rings. The van der Waals surface area contributed by atoms with Gasteiger partial charge in [-0.05, 0) is 38.3 Å². The van der Waals surface area contributed by atoms with Crippen LogP contribution in [0, 0.1) is 12.8 Å². The first kappa shape index (κ1) is 18.7. The molecule has 0 saturated carbocycles. The van der Waals surface area contributed by atoms with Gasteiger partial charge in [-0.15, -0.1) is 0 Å². The Balaban J connectivity index is 1.79. The summed E-state index contributed by atoms with van der Waals surface area (Å²) >= 11 is 0. The zero-order valence-corrected chi connectivity index (χ0v) is 14.3. The van der Waals surface area contributed by atoms with Crippen LogP contribution >= 0.6 is 0 Å². The molecule has 27 heavy (non-hydrogen) atoms. The molecule has 1 atom stereocenters. The monoisotopic (exact) mass is 379 g/mol. The molecule has 1 unspecified atom stereocenters. The third-order valence-corrected chi connectivity index (χ3v) is 4.31.